The molecule has 0 aliphatic heterocycles. The van der Waals surface area contributed by atoms with E-state index in [-0.39, 0.29) is 18.3 Å². The Kier molecular flexibility index (Phi) is 26.4. The number of carbonyl (C=O) groups excluding carboxylic acids is 1. The first-order valence-corrected chi connectivity index (χ1v) is 13.7. The van der Waals surface area contributed by atoms with Crippen LogP contribution < -0.4 is 17.7 Å². The van der Waals surface area contributed by atoms with Crippen molar-refractivity contribution in [2.45, 2.75) is 129 Å². The Bertz CT molecular complexity index is 412. The van der Waals surface area contributed by atoms with Gasteiger partial charge in [-0.2, -0.15) is 0 Å². The van der Waals surface area contributed by atoms with Crippen molar-refractivity contribution in [3.05, 3.63) is 12.7 Å². The summed E-state index contributed by atoms with van der Waals surface area (Å²) >= 11 is 0. The van der Waals surface area contributed by atoms with Crippen molar-refractivity contribution in [1.29, 1.82) is 0 Å². The maximum absolute atomic E-state index is 11.2. The molecule has 0 fully saturated rings. The normalized spacial score (nSPS) is 11.2. The van der Waals surface area contributed by atoms with Gasteiger partial charge in [-0.15, -0.1) is 0 Å². The summed E-state index contributed by atoms with van der Waals surface area (Å²) in [7, 11) is 4.62. The smallest absolute Gasteiger partial charge is 0.243 e. The lowest BCUT2D eigenvalue weighted by atomic mass is 10.0. The van der Waals surface area contributed by atoms with E-state index in [1.165, 1.54) is 128 Å². The third kappa shape index (κ3) is 25.7. The average molecular weight is 473 g/mol. The predicted octanol–water partition coefficient (Wildman–Crippen LogP) is 4.80. The largest absolute Gasteiger partial charge is 1.00 e. The quantitative estimate of drug-likeness (QED) is 0.122. The molecular formula is C28H57ClN2O. The number of amides is 1. The van der Waals surface area contributed by atoms with Crippen LogP contribution in [0.1, 0.15) is 129 Å². The van der Waals surface area contributed by atoms with Crippen LogP contribution in [-0.4, -0.2) is 44.1 Å². The second-order valence-corrected chi connectivity index (χ2v) is 10.2. The Hall–Kier alpha value is -0.540. The van der Waals surface area contributed by atoms with Crippen LogP contribution in [0.25, 0.3) is 0 Å². The standard InChI is InChI=1S/C28H56N2O.ClH/c1-5-7-8-9-10-11-12-13-14-15-16-17-18-19-20-21-22-23-26-30(3,4)27-24-25-29-28(31)6-2;/h6H,2,5,7-27H2,1,3-4H3;1H. The number of quaternary nitrogens is 1. The summed E-state index contributed by atoms with van der Waals surface area (Å²) in [6.45, 7) is 8.90. The molecule has 0 radical (unpaired) electrons. The highest BCUT2D eigenvalue weighted by Crippen LogP contribution is 2.14. The fraction of sp³-hybridized carbons (Fsp3) is 0.893. The number of hydrogen-bond donors (Lipinski definition) is 1. The minimum absolute atomic E-state index is 0. The summed E-state index contributed by atoms with van der Waals surface area (Å²) in [4.78, 5) is 11.2. The molecule has 0 atom stereocenters. The lowest BCUT2D eigenvalue weighted by molar-refractivity contribution is -0.890. The summed E-state index contributed by atoms with van der Waals surface area (Å²) in [5, 5.41) is 2.87. The highest BCUT2D eigenvalue weighted by molar-refractivity contribution is 5.86. The van der Waals surface area contributed by atoms with Crippen molar-refractivity contribution in [3.63, 3.8) is 0 Å². The van der Waals surface area contributed by atoms with Gasteiger partial charge in [0.05, 0.1) is 27.2 Å². The lowest BCUT2D eigenvalue weighted by Crippen LogP contribution is -3.00. The zero-order valence-electron chi connectivity index (χ0n) is 22.1. The number of rotatable bonds is 24. The van der Waals surface area contributed by atoms with E-state index in [0.717, 1.165) is 24.0 Å². The van der Waals surface area contributed by atoms with E-state index in [2.05, 4.69) is 32.9 Å². The van der Waals surface area contributed by atoms with Gasteiger partial charge < -0.3 is 22.2 Å². The van der Waals surface area contributed by atoms with Gasteiger partial charge in [-0.25, -0.2) is 0 Å². The molecule has 0 aromatic heterocycles. The lowest BCUT2D eigenvalue weighted by Gasteiger charge is -2.30. The molecule has 32 heavy (non-hydrogen) atoms. The van der Waals surface area contributed by atoms with Crippen LogP contribution >= 0.6 is 0 Å². The van der Waals surface area contributed by atoms with Crippen molar-refractivity contribution in [2.75, 3.05) is 33.7 Å². The monoisotopic (exact) mass is 472 g/mol. The average Bonchev–Trinajstić information content (AvgIpc) is 2.75. The summed E-state index contributed by atoms with van der Waals surface area (Å²) in [6.07, 6.45) is 28.1. The molecule has 0 saturated heterocycles. The van der Waals surface area contributed by atoms with Gasteiger partial charge in [0.1, 0.15) is 0 Å². The summed E-state index contributed by atoms with van der Waals surface area (Å²) in [5.41, 5.74) is 0. The van der Waals surface area contributed by atoms with E-state index in [4.69, 9.17) is 0 Å². The molecular weight excluding hydrogens is 416 g/mol. The number of nitrogens with zero attached hydrogens (tertiary/aromatic N) is 1. The molecule has 4 heteroatoms. The topological polar surface area (TPSA) is 29.1 Å². The molecule has 0 saturated carbocycles. The third-order valence-corrected chi connectivity index (χ3v) is 6.54. The summed E-state index contributed by atoms with van der Waals surface area (Å²) in [5.74, 6) is -0.0613. The Morgan fingerprint density at radius 1 is 0.656 bits per heavy atom. The van der Waals surface area contributed by atoms with E-state index >= 15 is 0 Å². The molecule has 1 N–H and O–H groups in total. The van der Waals surface area contributed by atoms with Crippen LogP contribution in [0, 0.1) is 0 Å². The van der Waals surface area contributed by atoms with Gasteiger partial charge in [0.15, 0.2) is 0 Å². The first-order valence-electron chi connectivity index (χ1n) is 13.7. The molecule has 0 heterocycles. The van der Waals surface area contributed by atoms with Crippen LogP contribution in [0.5, 0.6) is 0 Å². The maximum Gasteiger partial charge on any atom is 0.243 e. The van der Waals surface area contributed by atoms with Gasteiger partial charge in [-0.1, -0.05) is 116 Å². The summed E-state index contributed by atoms with van der Waals surface area (Å²) < 4.78 is 1.06. The highest BCUT2D eigenvalue weighted by Gasteiger charge is 2.13. The number of unbranched alkanes of at least 4 members (excludes halogenated alkanes) is 17. The van der Waals surface area contributed by atoms with Crippen LogP contribution in [0.3, 0.4) is 0 Å². The van der Waals surface area contributed by atoms with Gasteiger partial charge >= 0.3 is 0 Å². The van der Waals surface area contributed by atoms with E-state index in [1.54, 1.807) is 0 Å². The van der Waals surface area contributed by atoms with Gasteiger partial charge in [-0.05, 0) is 18.9 Å². The Labute approximate surface area is 208 Å². The predicted molar refractivity (Wildman–Crippen MR) is 138 cm³/mol. The van der Waals surface area contributed by atoms with Crippen LogP contribution in [0.15, 0.2) is 12.7 Å². The Morgan fingerprint density at radius 2 is 1.00 bits per heavy atom. The van der Waals surface area contributed by atoms with Crippen LogP contribution in [0.4, 0.5) is 0 Å². The first kappa shape index (κ1) is 33.6. The van der Waals surface area contributed by atoms with Crippen molar-refractivity contribution in [3.8, 4) is 0 Å². The Balaban J connectivity index is 0. The zero-order valence-corrected chi connectivity index (χ0v) is 22.8. The summed E-state index contributed by atoms with van der Waals surface area (Å²) in [6, 6.07) is 0. The molecule has 0 aliphatic rings. The number of nitrogens with one attached hydrogen (secondary N) is 1. The van der Waals surface area contributed by atoms with E-state index in [9.17, 15) is 4.79 Å². The third-order valence-electron chi connectivity index (χ3n) is 6.54. The number of halogens is 1. The van der Waals surface area contributed by atoms with Crippen LogP contribution in [0.2, 0.25) is 0 Å². The molecule has 3 nitrogen and oxygen atoms in total. The van der Waals surface area contributed by atoms with Crippen LogP contribution in [-0.2, 0) is 4.79 Å². The molecule has 0 aromatic carbocycles. The highest BCUT2D eigenvalue weighted by atomic mass is 35.5. The van der Waals surface area contributed by atoms with Gasteiger partial charge in [0.25, 0.3) is 0 Å². The fourth-order valence-corrected chi connectivity index (χ4v) is 4.34. The second-order valence-electron chi connectivity index (χ2n) is 10.2. The van der Waals surface area contributed by atoms with E-state index in [1.807, 2.05) is 0 Å². The molecule has 1 amide bonds. The van der Waals surface area contributed by atoms with Crippen molar-refractivity contribution in [1.82, 2.24) is 5.32 Å². The zero-order chi connectivity index (χ0) is 23.0. The van der Waals surface area contributed by atoms with Crippen molar-refractivity contribution >= 4 is 5.91 Å². The first-order chi connectivity index (χ1) is 15.0. The van der Waals surface area contributed by atoms with E-state index < -0.39 is 0 Å². The second kappa shape index (κ2) is 25.1. The molecule has 0 aromatic rings. The molecule has 192 valence electrons. The van der Waals surface area contributed by atoms with Crippen molar-refractivity contribution in [2.24, 2.45) is 0 Å². The van der Waals surface area contributed by atoms with Crippen molar-refractivity contribution < 1.29 is 21.7 Å². The van der Waals surface area contributed by atoms with Gasteiger partial charge in [-0.3, -0.25) is 4.79 Å². The van der Waals surface area contributed by atoms with Gasteiger partial charge in [0.2, 0.25) is 5.91 Å². The molecule has 0 aliphatic carbocycles. The molecule has 0 unspecified atom stereocenters. The van der Waals surface area contributed by atoms with Gasteiger partial charge in [0, 0.05) is 13.0 Å². The van der Waals surface area contributed by atoms with E-state index in [0.29, 0.717) is 0 Å². The minimum atomic E-state index is -0.0613. The number of hydrogen-bond acceptors (Lipinski definition) is 1. The molecule has 0 rings (SSSR count). The Morgan fingerprint density at radius 3 is 1.38 bits per heavy atom. The fourth-order valence-electron chi connectivity index (χ4n) is 4.34. The maximum atomic E-state index is 11.2. The minimum Gasteiger partial charge on any atom is -1.00 e. The molecule has 0 bridgehead atoms. The molecule has 0 spiro atoms. The SMILES string of the molecule is C=CC(=O)NCCC[N+](C)(C)CCCCCCCCCCCCCCCCCCCC.[Cl-]. The number of carbonyl (C=O) groups is 1.